The number of pyridine rings is 1. The van der Waals surface area contributed by atoms with Crippen LogP contribution in [0.1, 0.15) is 49.9 Å². The Bertz CT molecular complexity index is 569. The molecule has 194 valence electrons. The lowest BCUT2D eigenvalue weighted by molar-refractivity contribution is -0.286. The van der Waals surface area contributed by atoms with Crippen LogP contribution in [0.3, 0.4) is 0 Å². The van der Waals surface area contributed by atoms with Gasteiger partial charge in [-0.15, -0.1) is 0 Å². The molecule has 1 fully saturated rings. The summed E-state index contributed by atoms with van der Waals surface area (Å²) in [6, 6.07) is 3.29. The molecule has 1 unspecified atom stereocenters. The van der Waals surface area contributed by atoms with Crippen molar-refractivity contribution in [1.29, 1.82) is 0 Å². The lowest BCUT2D eigenvalue weighted by Gasteiger charge is -2.37. The topological polar surface area (TPSA) is 227 Å². The van der Waals surface area contributed by atoms with Gasteiger partial charge in [0, 0.05) is 12.4 Å². The fraction of sp³-hybridized carbons (Fsp3) is 0.714. The molecule has 1 aromatic heterocycles. The second kappa shape index (κ2) is 20.8. The molecule has 2 rings (SSSR count). The van der Waals surface area contributed by atoms with Crippen LogP contribution in [0.25, 0.3) is 0 Å². The first-order valence-corrected chi connectivity index (χ1v) is 10.7. The van der Waals surface area contributed by atoms with E-state index in [2.05, 4.69) is 23.6 Å². The molecule has 0 bridgehead atoms. The third kappa shape index (κ3) is 15.7. The van der Waals surface area contributed by atoms with E-state index in [1.807, 2.05) is 0 Å². The summed E-state index contributed by atoms with van der Waals surface area (Å²) >= 11 is 0. The summed E-state index contributed by atoms with van der Waals surface area (Å²) in [7, 11) is 0. The monoisotopic (exact) mass is 480 g/mol. The Labute approximate surface area is 193 Å². The van der Waals surface area contributed by atoms with Crippen LogP contribution < -0.4 is 5.73 Å². The highest BCUT2D eigenvalue weighted by Gasteiger charge is 2.42. The van der Waals surface area contributed by atoms with Gasteiger partial charge in [-0.25, -0.2) is 0 Å². The van der Waals surface area contributed by atoms with Crippen LogP contribution in [0.2, 0.25) is 0 Å². The van der Waals surface area contributed by atoms with Crippen LogP contribution in [0.4, 0.5) is 0 Å². The maximum Gasteiger partial charge on any atom is 0.250 e. The zero-order valence-electron chi connectivity index (χ0n) is 19.1. The number of primary amides is 1. The molecular weight excluding hydrogens is 440 g/mol. The van der Waals surface area contributed by atoms with Crippen LogP contribution in [0.15, 0.2) is 24.5 Å². The first-order chi connectivity index (χ1) is 15.6. The number of hydrogen-bond acceptors (Lipinski definition) is 11. The van der Waals surface area contributed by atoms with Gasteiger partial charge in [0.2, 0.25) is 5.91 Å². The Morgan fingerprint density at radius 3 is 1.88 bits per heavy atom. The summed E-state index contributed by atoms with van der Waals surface area (Å²) in [4.78, 5) is 14.1. The summed E-state index contributed by atoms with van der Waals surface area (Å²) in [5.74, 6) is -0.442. The minimum atomic E-state index is -1.57. The first-order valence-electron chi connectivity index (χ1n) is 10.7. The second-order valence-electron chi connectivity index (χ2n) is 7.05. The van der Waals surface area contributed by atoms with Gasteiger partial charge in [0.1, 0.15) is 30.5 Å². The van der Waals surface area contributed by atoms with Crippen molar-refractivity contribution >= 4 is 5.91 Å². The van der Waals surface area contributed by atoms with Crippen molar-refractivity contribution in [3.63, 3.8) is 0 Å². The van der Waals surface area contributed by atoms with Gasteiger partial charge >= 0.3 is 0 Å². The Balaban J connectivity index is 0. The van der Waals surface area contributed by atoms with Gasteiger partial charge in [0.15, 0.2) is 6.29 Å². The van der Waals surface area contributed by atoms with Crippen molar-refractivity contribution in [3.8, 4) is 0 Å². The number of carbonyl (C=O) groups excluding carboxylic acids is 1. The molecule has 33 heavy (non-hydrogen) atoms. The van der Waals surface area contributed by atoms with E-state index in [4.69, 9.17) is 46.6 Å². The van der Waals surface area contributed by atoms with Crippen LogP contribution in [0, 0.1) is 0 Å². The van der Waals surface area contributed by atoms with E-state index in [1.165, 1.54) is 31.9 Å². The average molecular weight is 481 g/mol. The van der Waals surface area contributed by atoms with Crippen molar-refractivity contribution < 1.29 is 50.4 Å². The SMILES string of the molecule is CCCCCC.NC(=O)c1cccnc1.OCC(O)CO.OC[C@H]1OC(O)[C@H](O)[C@@H](O)[C@@H]1O. The van der Waals surface area contributed by atoms with E-state index in [9.17, 15) is 4.79 Å². The van der Waals surface area contributed by atoms with E-state index < -0.39 is 49.3 Å². The van der Waals surface area contributed by atoms with Gasteiger partial charge in [-0.3, -0.25) is 9.78 Å². The largest absolute Gasteiger partial charge is 0.394 e. The lowest BCUT2D eigenvalue weighted by atomic mass is 10.00. The molecule has 2 heterocycles. The fourth-order valence-corrected chi connectivity index (χ4v) is 2.15. The molecule has 0 saturated carbocycles. The highest BCUT2D eigenvalue weighted by molar-refractivity contribution is 5.92. The van der Waals surface area contributed by atoms with Gasteiger partial charge in [0.25, 0.3) is 0 Å². The number of aromatic nitrogens is 1. The predicted octanol–water partition coefficient (Wildman–Crippen LogP) is -2.12. The molecular formula is C21H40N2O10. The Kier molecular flexibility index (Phi) is 21.1. The highest BCUT2D eigenvalue weighted by Crippen LogP contribution is 2.19. The number of rotatable bonds is 7. The number of carbonyl (C=O) groups is 1. The molecule has 0 aliphatic carbocycles. The first kappa shape index (κ1) is 33.4. The van der Waals surface area contributed by atoms with Crippen molar-refractivity contribution in [2.24, 2.45) is 5.73 Å². The summed E-state index contributed by atoms with van der Waals surface area (Å²) in [5.41, 5.74) is 5.38. The van der Waals surface area contributed by atoms with E-state index in [0.717, 1.165) is 0 Å². The molecule has 10 N–H and O–H groups in total. The van der Waals surface area contributed by atoms with E-state index in [0.29, 0.717) is 5.56 Å². The zero-order valence-corrected chi connectivity index (χ0v) is 19.1. The standard InChI is InChI=1S/C6H6N2O.C6H12O6.C6H14.C3H8O3/c7-6(9)5-2-1-3-8-4-5;7-1-2-3(8)4(9)5(10)6(11)12-2;1-3-5-6-4-2;4-1-3(6)2-5/h1-4H,(H2,7,9);2-11H,1H2;3-6H2,1-2H3;3-6H,1-2H2/t;2-,3-,4+,5-,6?;;/m.1../s1. The van der Waals surface area contributed by atoms with Gasteiger partial charge in [0.05, 0.1) is 25.4 Å². The summed E-state index contributed by atoms with van der Waals surface area (Å²) < 4.78 is 4.58. The number of nitrogens with zero attached hydrogens (tertiary/aromatic N) is 1. The second-order valence-corrected chi connectivity index (χ2v) is 7.05. The summed E-state index contributed by atoms with van der Waals surface area (Å²) in [6.45, 7) is 3.21. The zero-order chi connectivity index (χ0) is 25.8. The summed E-state index contributed by atoms with van der Waals surface area (Å²) in [6.07, 6.45) is 0.565. The minimum absolute atomic E-state index is 0.365. The maximum atomic E-state index is 10.4. The highest BCUT2D eigenvalue weighted by atomic mass is 16.6. The third-order valence-corrected chi connectivity index (χ3v) is 4.19. The van der Waals surface area contributed by atoms with Crippen LogP contribution in [0.5, 0.6) is 0 Å². The Hall–Kier alpha value is -1.74. The van der Waals surface area contributed by atoms with E-state index in [-0.39, 0.29) is 13.2 Å². The van der Waals surface area contributed by atoms with E-state index >= 15 is 0 Å². The summed E-state index contributed by atoms with van der Waals surface area (Å²) in [5, 5.41) is 68.7. The quantitative estimate of drug-likeness (QED) is 0.192. The molecule has 12 heteroatoms. The number of hydrogen-bond donors (Lipinski definition) is 9. The molecule has 0 radical (unpaired) electrons. The molecule has 1 amide bonds. The van der Waals surface area contributed by atoms with Crippen LogP contribution in [-0.4, -0.2) is 108 Å². The van der Waals surface area contributed by atoms with Crippen molar-refractivity contribution in [1.82, 2.24) is 4.98 Å². The smallest absolute Gasteiger partial charge is 0.250 e. The van der Waals surface area contributed by atoms with Gasteiger partial charge < -0.3 is 51.3 Å². The Morgan fingerprint density at radius 1 is 1.03 bits per heavy atom. The maximum absolute atomic E-state index is 10.4. The van der Waals surface area contributed by atoms with Gasteiger partial charge in [-0.1, -0.05) is 39.5 Å². The number of unbranched alkanes of at least 4 members (excludes halogenated alkanes) is 3. The van der Waals surface area contributed by atoms with Gasteiger partial charge in [-0.05, 0) is 12.1 Å². The third-order valence-electron chi connectivity index (χ3n) is 4.19. The number of aliphatic hydroxyl groups is 8. The molecule has 0 spiro atoms. The molecule has 12 nitrogen and oxygen atoms in total. The fourth-order valence-electron chi connectivity index (χ4n) is 2.15. The molecule has 1 aliphatic rings. The number of ether oxygens (including phenoxy) is 1. The number of aliphatic hydroxyl groups excluding tert-OH is 8. The van der Waals surface area contributed by atoms with E-state index in [1.54, 1.807) is 18.3 Å². The normalized spacial score (nSPS) is 23.8. The predicted molar refractivity (Wildman–Crippen MR) is 119 cm³/mol. The van der Waals surface area contributed by atoms with Crippen molar-refractivity contribution in [2.75, 3.05) is 19.8 Å². The molecule has 0 aromatic carbocycles. The average Bonchev–Trinajstić information content (AvgIpc) is 2.84. The van der Waals surface area contributed by atoms with Crippen molar-refractivity contribution in [2.45, 2.75) is 76.3 Å². The van der Waals surface area contributed by atoms with Gasteiger partial charge in [-0.2, -0.15) is 0 Å². The molecule has 1 aliphatic heterocycles. The van der Waals surface area contributed by atoms with Crippen LogP contribution >= 0.6 is 0 Å². The van der Waals surface area contributed by atoms with Crippen LogP contribution in [-0.2, 0) is 4.74 Å². The molecule has 1 aromatic rings. The lowest BCUT2D eigenvalue weighted by Crippen LogP contribution is -2.58. The molecule has 5 atom stereocenters. The number of amides is 1. The minimum Gasteiger partial charge on any atom is -0.394 e. The Morgan fingerprint density at radius 2 is 1.58 bits per heavy atom. The number of nitrogens with two attached hydrogens (primary N) is 1. The van der Waals surface area contributed by atoms with Crippen molar-refractivity contribution in [3.05, 3.63) is 30.1 Å². The molecule has 1 saturated heterocycles.